The quantitative estimate of drug-likeness (QED) is 0.463. The number of hydrogen-bond donors (Lipinski definition) is 1. The number of carbonyl (C=O) groups is 2. The Kier molecular flexibility index (Phi) is 7.02. The highest BCUT2D eigenvalue weighted by atomic mass is 35.5. The number of nitrogens with one attached hydrogen (secondary N) is 1. The Balaban J connectivity index is 1.47. The lowest BCUT2D eigenvalue weighted by Gasteiger charge is -2.24. The van der Waals surface area contributed by atoms with Crippen LogP contribution in [0.5, 0.6) is 0 Å². The Hall–Kier alpha value is -3.14. The molecule has 0 unspecified atom stereocenters. The van der Waals surface area contributed by atoms with Gasteiger partial charge in [-0.1, -0.05) is 47.5 Å². The van der Waals surface area contributed by atoms with Gasteiger partial charge < -0.3 is 10.1 Å². The molecule has 0 fully saturated rings. The summed E-state index contributed by atoms with van der Waals surface area (Å²) in [5.41, 5.74) is 2.10. The molecule has 182 valence electrons. The summed E-state index contributed by atoms with van der Waals surface area (Å²) in [5, 5.41) is 2.97. The summed E-state index contributed by atoms with van der Waals surface area (Å²) in [6.45, 7) is 2.88. The zero-order valence-electron chi connectivity index (χ0n) is 18.8. The van der Waals surface area contributed by atoms with Crippen molar-refractivity contribution in [3.8, 4) is 0 Å². The minimum Gasteiger partial charge on any atom is -0.452 e. The Morgan fingerprint density at radius 2 is 1.91 bits per heavy atom. The van der Waals surface area contributed by atoms with E-state index in [9.17, 15) is 18.0 Å². The highest BCUT2D eigenvalue weighted by Crippen LogP contribution is 2.36. The van der Waals surface area contributed by atoms with Crippen LogP contribution in [0.3, 0.4) is 0 Å². The number of rotatable bonds is 6. The molecule has 1 N–H and O–H groups in total. The highest BCUT2D eigenvalue weighted by Gasteiger charge is 2.36. The molecule has 35 heavy (non-hydrogen) atoms. The maximum Gasteiger partial charge on any atom is 0.338 e. The first-order valence-electron chi connectivity index (χ1n) is 10.6. The number of benzene rings is 2. The van der Waals surface area contributed by atoms with Crippen molar-refractivity contribution in [2.45, 2.75) is 31.2 Å². The molecule has 0 bridgehead atoms. The molecule has 0 aliphatic carbocycles. The van der Waals surface area contributed by atoms with Crippen molar-refractivity contribution in [2.24, 2.45) is 0 Å². The van der Waals surface area contributed by atoms with Crippen molar-refractivity contribution in [1.82, 2.24) is 4.98 Å². The Morgan fingerprint density at radius 3 is 2.69 bits per heavy atom. The van der Waals surface area contributed by atoms with Gasteiger partial charge in [0, 0.05) is 12.2 Å². The molecule has 2 aromatic carbocycles. The van der Waals surface area contributed by atoms with Gasteiger partial charge in [0.25, 0.3) is 15.9 Å². The van der Waals surface area contributed by atoms with Crippen LogP contribution in [0.15, 0.2) is 59.6 Å². The van der Waals surface area contributed by atoms with Crippen LogP contribution in [0, 0.1) is 6.92 Å². The monoisotopic (exact) mass is 533 g/mol. The third-order valence-electron chi connectivity index (χ3n) is 5.57. The summed E-state index contributed by atoms with van der Waals surface area (Å²) in [4.78, 5) is 28.7. The fourth-order valence-electron chi connectivity index (χ4n) is 3.83. The molecule has 0 spiro atoms. The van der Waals surface area contributed by atoms with E-state index in [-0.39, 0.29) is 27.3 Å². The van der Waals surface area contributed by atoms with E-state index in [0.29, 0.717) is 22.7 Å². The van der Waals surface area contributed by atoms with Crippen molar-refractivity contribution in [2.75, 3.05) is 16.2 Å². The van der Waals surface area contributed by atoms with Gasteiger partial charge in [0.2, 0.25) is 0 Å². The normalized spacial score (nSPS) is 15.0. The van der Waals surface area contributed by atoms with Crippen LogP contribution in [0.25, 0.3) is 0 Å². The molecule has 3 aromatic rings. The number of nitrogens with zero attached hydrogens (tertiary/aromatic N) is 2. The molecule has 1 aliphatic rings. The maximum atomic E-state index is 13.4. The largest absolute Gasteiger partial charge is 0.452 e. The number of halogens is 2. The number of sulfonamides is 1. The molecule has 1 aliphatic heterocycles. The molecule has 8 nitrogen and oxygen atoms in total. The molecule has 1 amide bonds. The van der Waals surface area contributed by atoms with E-state index < -0.39 is 28.5 Å². The topological polar surface area (TPSA) is 106 Å². The van der Waals surface area contributed by atoms with Crippen molar-refractivity contribution in [1.29, 1.82) is 0 Å². The number of pyridine rings is 1. The maximum absolute atomic E-state index is 13.4. The minimum atomic E-state index is -3.93. The lowest BCUT2D eigenvalue weighted by molar-refractivity contribution is -0.119. The summed E-state index contributed by atoms with van der Waals surface area (Å²) in [5.74, 6) is -1.43. The number of esters is 1. The van der Waals surface area contributed by atoms with Gasteiger partial charge in [0.1, 0.15) is 0 Å². The van der Waals surface area contributed by atoms with Crippen LogP contribution in [-0.4, -0.2) is 37.9 Å². The SMILES string of the molecule is Cc1c(Cl)cnc(NC(=O)COC(=O)c2cccc(S(=O)(=O)N3c4ccccc4C[C@H]3C)c2)c1Cl. The molecule has 2 heterocycles. The molecule has 0 saturated carbocycles. The number of anilines is 2. The van der Waals surface area contributed by atoms with E-state index in [1.807, 2.05) is 19.1 Å². The fourth-order valence-corrected chi connectivity index (χ4v) is 5.96. The first kappa shape index (κ1) is 25.0. The second-order valence-electron chi connectivity index (χ2n) is 8.03. The van der Waals surface area contributed by atoms with E-state index in [2.05, 4.69) is 10.3 Å². The molecule has 0 radical (unpaired) electrons. The van der Waals surface area contributed by atoms with E-state index in [0.717, 1.165) is 5.56 Å². The van der Waals surface area contributed by atoms with Crippen LogP contribution in [-0.2, 0) is 26.0 Å². The fraction of sp³-hybridized carbons (Fsp3) is 0.208. The Bertz CT molecular complexity index is 1430. The summed E-state index contributed by atoms with van der Waals surface area (Å²) >= 11 is 12.1. The zero-order valence-corrected chi connectivity index (χ0v) is 21.1. The van der Waals surface area contributed by atoms with Crippen molar-refractivity contribution in [3.05, 3.63) is 81.5 Å². The minimum absolute atomic E-state index is 0.00231. The van der Waals surface area contributed by atoms with Crippen molar-refractivity contribution >= 4 is 56.6 Å². The number of fused-ring (bicyclic) bond motifs is 1. The number of aromatic nitrogens is 1. The number of para-hydroxylation sites is 1. The average Bonchev–Trinajstić information content (AvgIpc) is 3.19. The van der Waals surface area contributed by atoms with Gasteiger partial charge in [0.05, 0.1) is 26.2 Å². The predicted octanol–water partition coefficient (Wildman–Crippen LogP) is 4.63. The number of amides is 1. The molecule has 11 heteroatoms. The van der Waals surface area contributed by atoms with E-state index in [1.54, 1.807) is 19.1 Å². The third-order valence-corrected chi connectivity index (χ3v) is 8.33. The highest BCUT2D eigenvalue weighted by molar-refractivity contribution is 7.92. The van der Waals surface area contributed by atoms with Gasteiger partial charge in [-0.25, -0.2) is 18.2 Å². The van der Waals surface area contributed by atoms with Crippen molar-refractivity contribution < 1.29 is 22.7 Å². The summed E-state index contributed by atoms with van der Waals surface area (Å²) in [6, 6.07) is 12.6. The van der Waals surface area contributed by atoms with Crippen LogP contribution in [0.4, 0.5) is 11.5 Å². The van der Waals surface area contributed by atoms with Gasteiger partial charge in [-0.3, -0.25) is 9.10 Å². The van der Waals surface area contributed by atoms with Crippen LogP contribution in [0.2, 0.25) is 10.0 Å². The van der Waals surface area contributed by atoms with E-state index in [4.69, 9.17) is 27.9 Å². The smallest absolute Gasteiger partial charge is 0.338 e. The molecule has 0 saturated heterocycles. The zero-order chi connectivity index (χ0) is 25.3. The molecule has 4 rings (SSSR count). The number of hydrogen-bond acceptors (Lipinski definition) is 6. The third kappa shape index (κ3) is 4.98. The lowest BCUT2D eigenvalue weighted by atomic mass is 10.1. The summed E-state index contributed by atoms with van der Waals surface area (Å²) in [6.07, 6.45) is 1.94. The van der Waals surface area contributed by atoms with Crippen LogP contribution in [0.1, 0.15) is 28.4 Å². The average molecular weight is 534 g/mol. The number of carbonyl (C=O) groups excluding carboxylic acids is 2. The molecule has 1 atom stereocenters. The van der Waals surface area contributed by atoms with Gasteiger partial charge in [-0.2, -0.15) is 0 Å². The second-order valence-corrected chi connectivity index (χ2v) is 10.6. The van der Waals surface area contributed by atoms with Crippen LogP contribution < -0.4 is 9.62 Å². The van der Waals surface area contributed by atoms with Crippen LogP contribution >= 0.6 is 23.2 Å². The van der Waals surface area contributed by atoms with E-state index in [1.165, 1.54) is 34.8 Å². The first-order valence-corrected chi connectivity index (χ1v) is 12.8. The summed E-state index contributed by atoms with van der Waals surface area (Å²) in [7, 11) is -3.93. The lowest BCUT2D eigenvalue weighted by Crippen LogP contribution is -2.35. The Morgan fingerprint density at radius 1 is 1.17 bits per heavy atom. The molecular weight excluding hydrogens is 513 g/mol. The number of ether oxygens (including phenoxy) is 1. The van der Waals surface area contributed by atoms with Gasteiger partial charge in [-0.15, -0.1) is 0 Å². The predicted molar refractivity (Wildman–Crippen MR) is 134 cm³/mol. The van der Waals surface area contributed by atoms with Gasteiger partial charge in [-0.05, 0) is 55.7 Å². The molecule has 1 aromatic heterocycles. The Labute approximate surface area is 212 Å². The van der Waals surface area contributed by atoms with Gasteiger partial charge >= 0.3 is 5.97 Å². The van der Waals surface area contributed by atoms with Gasteiger partial charge in [0.15, 0.2) is 12.4 Å². The first-order chi connectivity index (χ1) is 16.6. The molecular formula is C24H21Cl2N3O5S. The van der Waals surface area contributed by atoms with E-state index >= 15 is 0 Å². The van der Waals surface area contributed by atoms with Crippen molar-refractivity contribution in [3.63, 3.8) is 0 Å². The summed E-state index contributed by atoms with van der Waals surface area (Å²) < 4.78 is 33.3. The standard InChI is InChI=1S/C24H21Cl2N3O5S/c1-14-10-16-6-3-4-9-20(16)29(14)35(32,33)18-8-5-7-17(11-18)24(31)34-13-21(30)28-23-22(26)15(2)19(25)12-27-23/h3-9,11-12,14H,10,13H2,1-2H3,(H,27,28,30)/t14-/m1/s1. The second kappa shape index (κ2) is 9.85.